The van der Waals surface area contributed by atoms with Crippen molar-refractivity contribution >= 4 is 0 Å². The molecule has 1 aliphatic rings. The van der Waals surface area contributed by atoms with Crippen LogP contribution in [0.5, 0.6) is 0 Å². The van der Waals surface area contributed by atoms with E-state index in [1.807, 2.05) is 0 Å². The summed E-state index contributed by atoms with van der Waals surface area (Å²) in [4.78, 5) is 2.65. The third-order valence-corrected chi connectivity index (χ3v) is 1.70. The van der Waals surface area contributed by atoms with Gasteiger partial charge in [-0.25, -0.2) is 5.53 Å². The topological polar surface area (TPSA) is 94.2 Å². The van der Waals surface area contributed by atoms with Crippen molar-refractivity contribution in [3.63, 3.8) is 0 Å². The average Bonchev–Trinajstić information content (AvgIpc) is 1.95. The fourth-order valence-corrected chi connectivity index (χ4v) is 0.973. The molecule has 1 aliphatic heterocycles. The zero-order chi connectivity index (χ0) is 8.16. The minimum Gasteiger partial charge on any atom is -0.380 e. The Hall–Kier alpha value is -1.13. The summed E-state index contributed by atoms with van der Waals surface area (Å²) in [5.74, 6) is 0. The molecule has 1 saturated heterocycles. The standard InChI is InChI=1S/C5H9N5O/c6-8-1-5(2-9-10-7)3-11-4-5/h6H,1-4H2. The summed E-state index contributed by atoms with van der Waals surface area (Å²) in [5.41, 5.74) is 14.6. The quantitative estimate of drug-likeness (QED) is 0.370. The average molecular weight is 155 g/mol. The van der Waals surface area contributed by atoms with Crippen LogP contribution in [0.25, 0.3) is 10.4 Å². The molecule has 0 aromatic carbocycles. The van der Waals surface area contributed by atoms with Crippen LogP contribution in [0.15, 0.2) is 10.2 Å². The SMILES string of the molecule is [N-]=[N+]=NCC1(CN=N)COC1. The zero-order valence-electron chi connectivity index (χ0n) is 6.03. The van der Waals surface area contributed by atoms with Crippen LogP contribution in [0.3, 0.4) is 0 Å². The van der Waals surface area contributed by atoms with Gasteiger partial charge in [-0.15, -0.1) is 0 Å². The Labute approximate surface area is 63.7 Å². The molecule has 1 fully saturated rings. The molecule has 0 unspecified atom stereocenters. The summed E-state index contributed by atoms with van der Waals surface area (Å²) < 4.78 is 4.96. The first-order valence-corrected chi connectivity index (χ1v) is 3.25. The third kappa shape index (κ3) is 1.66. The Morgan fingerprint density at radius 3 is 2.64 bits per heavy atom. The summed E-state index contributed by atoms with van der Waals surface area (Å²) in [6.45, 7) is 1.88. The molecule has 0 atom stereocenters. The monoisotopic (exact) mass is 155 g/mol. The van der Waals surface area contributed by atoms with Crippen LogP contribution in [0.2, 0.25) is 0 Å². The van der Waals surface area contributed by atoms with E-state index in [2.05, 4.69) is 15.1 Å². The molecule has 60 valence electrons. The van der Waals surface area contributed by atoms with Gasteiger partial charge >= 0.3 is 0 Å². The van der Waals surface area contributed by atoms with E-state index in [0.29, 0.717) is 26.3 Å². The Morgan fingerprint density at radius 2 is 2.27 bits per heavy atom. The first kappa shape index (κ1) is 7.97. The van der Waals surface area contributed by atoms with E-state index >= 15 is 0 Å². The molecule has 0 radical (unpaired) electrons. The highest BCUT2D eigenvalue weighted by molar-refractivity contribution is 4.89. The van der Waals surface area contributed by atoms with E-state index in [0.717, 1.165) is 0 Å². The first-order chi connectivity index (χ1) is 5.33. The van der Waals surface area contributed by atoms with Gasteiger partial charge in [-0.05, 0) is 5.53 Å². The fraction of sp³-hybridized carbons (Fsp3) is 1.00. The van der Waals surface area contributed by atoms with Gasteiger partial charge in [-0.2, -0.15) is 5.11 Å². The molecule has 0 saturated carbocycles. The maximum atomic E-state index is 8.06. The van der Waals surface area contributed by atoms with Gasteiger partial charge in [0.05, 0.1) is 19.8 Å². The molecule has 1 heterocycles. The van der Waals surface area contributed by atoms with Crippen LogP contribution in [0.4, 0.5) is 0 Å². The Balaban J connectivity index is 2.45. The summed E-state index contributed by atoms with van der Waals surface area (Å²) in [5, 5.41) is 6.71. The van der Waals surface area contributed by atoms with Gasteiger partial charge in [0.1, 0.15) is 0 Å². The first-order valence-electron chi connectivity index (χ1n) is 3.25. The zero-order valence-corrected chi connectivity index (χ0v) is 6.03. The molecule has 0 amide bonds. The number of azide groups is 1. The molecule has 0 aromatic rings. The largest absolute Gasteiger partial charge is 0.380 e. The molecule has 0 bridgehead atoms. The maximum Gasteiger partial charge on any atom is 0.0698 e. The second-order valence-electron chi connectivity index (χ2n) is 2.70. The van der Waals surface area contributed by atoms with Gasteiger partial charge < -0.3 is 4.74 Å². The molecule has 0 aliphatic carbocycles. The Kier molecular flexibility index (Phi) is 2.40. The molecular formula is C5H9N5O. The van der Waals surface area contributed by atoms with Crippen molar-refractivity contribution in [2.45, 2.75) is 0 Å². The third-order valence-electron chi connectivity index (χ3n) is 1.70. The lowest BCUT2D eigenvalue weighted by molar-refractivity contribution is -0.101. The van der Waals surface area contributed by atoms with Crippen LogP contribution < -0.4 is 0 Å². The van der Waals surface area contributed by atoms with Crippen molar-refractivity contribution in [1.82, 2.24) is 0 Å². The van der Waals surface area contributed by atoms with Crippen LogP contribution in [-0.2, 0) is 4.74 Å². The molecule has 0 aromatic heterocycles. The second-order valence-corrected chi connectivity index (χ2v) is 2.70. The lowest BCUT2D eigenvalue weighted by atomic mass is 9.86. The van der Waals surface area contributed by atoms with E-state index in [1.54, 1.807) is 0 Å². The van der Waals surface area contributed by atoms with E-state index in [9.17, 15) is 0 Å². The van der Waals surface area contributed by atoms with E-state index < -0.39 is 0 Å². The number of rotatable bonds is 4. The summed E-state index contributed by atoms with van der Waals surface area (Å²) in [6.07, 6.45) is 0. The summed E-state index contributed by atoms with van der Waals surface area (Å²) >= 11 is 0. The van der Waals surface area contributed by atoms with Gasteiger partial charge in [0.2, 0.25) is 0 Å². The van der Waals surface area contributed by atoms with Crippen molar-refractivity contribution in [2.75, 3.05) is 26.3 Å². The van der Waals surface area contributed by atoms with Crippen molar-refractivity contribution in [3.05, 3.63) is 10.4 Å². The molecule has 1 rings (SSSR count). The van der Waals surface area contributed by atoms with Crippen molar-refractivity contribution < 1.29 is 4.74 Å². The lowest BCUT2D eigenvalue weighted by Gasteiger charge is -2.38. The summed E-state index contributed by atoms with van der Waals surface area (Å²) in [6, 6.07) is 0. The smallest absolute Gasteiger partial charge is 0.0698 e. The molecule has 6 heteroatoms. The van der Waals surface area contributed by atoms with Crippen LogP contribution >= 0.6 is 0 Å². The van der Waals surface area contributed by atoms with Gasteiger partial charge in [-0.3, -0.25) is 0 Å². The van der Waals surface area contributed by atoms with Gasteiger partial charge in [-0.1, -0.05) is 5.11 Å². The maximum absolute atomic E-state index is 8.06. The van der Waals surface area contributed by atoms with Crippen LogP contribution in [-0.4, -0.2) is 26.3 Å². The Bertz CT molecular complexity index is 193. The highest BCUT2D eigenvalue weighted by Gasteiger charge is 2.37. The second kappa shape index (κ2) is 3.32. The molecule has 0 spiro atoms. The van der Waals surface area contributed by atoms with Crippen molar-refractivity contribution in [2.24, 2.45) is 15.6 Å². The molecule has 6 nitrogen and oxygen atoms in total. The van der Waals surface area contributed by atoms with Gasteiger partial charge in [0.15, 0.2) is 0 Å². The van der Waals surface area contributed by atoms with Crippen LogP contribution in [0, 0.1) is 10.9 Å². The van der Waals surface area contributed by atoms with Gasteiger partial charge in [0.25, 0.3) is 0 Å². The number of nitrogens with zero attached hydrogens (tertiary/aromatic N) is 4. The number of hydrogen-bond donors (Lipinski definition) is 1. The molecular weight excluding hydrogens is 146 g/mol. The lowest BCUT2D eigenvalue weighted by Crippen LogP contribution is -2.47. The molecule has 11 heavy (non-hydrogen) atoms. The summed E-state index contributed by atoms with van der Waals surface area (Å²) in [7, 11) is 0. The Morgan fingerprint density at radius 1 is 1.55 bits per heavy atom. The van der Waals surface area contributed by atoms with E-state index in [4.69, 9.17) is 15.8 Å². The van der Waals surface area contributed by atoms with Crippen LogP contribution in [0.1, 0.15) is 0 Å². The van der Waals surface area contributed by atoms with E-state index in [-0.39, 0.29) is 5.41 Å². The predicted molar refractivity (Wildman–Crippen MR) is 37.3 cm³/mol. The predicted octanol–water partition coefficient (Wildman–Crippen LogP) is 1.34. The molecule has 1 N–H and O–H groups in total. The fourth-order valence-electron chi connectivity index (χ4n) is 0.973. The van der Waals surface area contributed by atoms with Gasteiger partial charge in [0, 0.05) is 16.9 Å². The number of hydrogen-bond acceptors (Lipinski definition) is 4. The highest BCUT2D eigenvalue weighted by atomic mass is 16.5. The van der Waals surface area contributed by atoms with E-state index in [1.165, 1.54) is 0 Å². The van der Waals surface area contributed by atoms with Crippen molar-refractivity contribution in [1.29, 1.82) is 5.53 Å². The van der Waals surface area contributed by atoms with Crippen molar-refractivity contribution in [3.8, 4) is 0 Å². The minimum atomic E-state index is -0.173. The highest BCUT2D eigenvalue weighted by Crippen LogP contribution is 2.28. The normalized spacial score (nSPS) is 19.6. The minimum absolute atomic E-state index is 0.173. The number of ether oxygens (including phenoxy) is 1. The number of nitrogens with one attached hydrogen (secondary N) is 1.